The van der Waals surface area contributed by atoms with Gasteiger partial charge in [0.05, 0.1) is 17.6 Å². The van der Waals surface area contributed by atoms with Gasteiger partial charge in [0.25, 0.3) is 0 Å². The monoisotopic (exact) mass is 433 g/mol. The summed E-state index contributed by atoms with van der Waals surface area (Å²) in [7, 11) is 0. The highest BCUT2D eigenvalue weighted by Crippen LogP contribution is 2.30. The molecule has 1 aliphatic rings. The standard InChI is InChI=1S/C27H23N5O/c33-27(31-13-12-19-6-4-5-7-21(19)17-31)30-26-16-28-25-11-10-20(14-24(25)26)22-15-29-32(18-22)23-8-2-1-3-9-23/h1-11,14-16,18,28H,12-13,17H2,(H,30,33). The van der Waals surface area contributed by atoms with Crippen molar-refractivity contribution >= 4 is 22.6 Å². The molecule has 0 saturated carbocycles. The lowest BCUT2D eigenvalue weighted by molar-refractivity contribution is 0.206. The van der Waals surface area contributed by atoms with Gasteiger partial charge in [0.1, 0.15) is 0 Å². The summed E-state index contributed by atoms with van der Waals surface area (Å²) in [5.41, 5.74) is 7.39. The summed E-state index contributed by atoms with van der Waals surface area (Å²) in [6.45, 7) is 1.35. The maximum Gasteiger partial charge on any atom is 0.322 e. The first-order valence-electron chi connectivity index (χ1n) is 11.1. The van der Waals surface area contributed by atoms with Crippen molar-refractivity contribution in [3.05, 3.63) is 103 Å². The Morgan fingerprint density at radius 3 is 2.64 bits per heavy atom. The molecule has 2 aromatic heterocycles. The number of anilines is 1. The number of carbonyl (C=O) groups is 1. The van der Waals surface area contributed by atoms with Crippen LogP contribution in [0.15, 0.2) is 91.4 Å². The molecule has 3 heterocycles. The highest BCUT2D eigenvalue weighted by atomic mass is 16.2. The molecule has 2 N–H and O–H groups in total. The topological polar surface area (TPSA) is 66.0 Å². The van der Waals surface area contributed by atoms with E-state index in [0.29, 0.717) is 6.54 Å². The maximum atomic E-state index is 13.0. The van der Waals surface area contributed by atoms with Crippen LogP contribution >= 0.6 is 0 Å². The molecule has 6 heteroatoms. The zero-order valence-corrected chi connectivity index (χ0v) is 18.0. The molecule has 0 fully saturated rings. The third-order valence-electron chi connectivity index (χ3n) is 6.28. The molecule has 0 unspecified atom stereocenters. The number of benzene rings is 3. The normalized spacial score (nSPS) is 13.2. The number of aromatic amines is 1. The Bertz CT molecular complexity index is 1450. The highest BCUT2D eigenvalue weighted by Gasteiger charge is 2.21. The third-order valence-corrected chi connectivity index (χ3v) is 6.28. The third kappa shape index (κ3) is 3.65. The quantitative estimate of drug-likeness (QED) is 0.388. The van der Waals surface area contributed by atoms with Crippen molar-refractivity contribution in [2.45, 2.75) is 13.0 Å². The van der Waals surface area contributed by atoms with Crippen molar-refractivity contribution in [1.29, 1.82) is 0 Å². The largest absolute Gasteiger partial charge is 0.359 e. The van der Waals surface area contributed by atoms with Crippen LogP contribution in [0.25, 0.3) is 27.7 Å². The predicted octanol–water partition coefficient (Wildman–Crippen LogP) is 5.61. The first-order valence-corrected chi connectivity index (χ1v) is 11.1. The Morgan fingerprint density at radius 1 is 0.939 bits per heavy atom. The molecule has 0 atom stereocenters. The number of fused-ring (bicyclic) bond motifs is 2. The van der Waals surface area contributed by atoms with Crippen LogP contribution in [0.1, 0.15) is 11.1 Å². The van der Waals surface area contributed by atoms with E-state index in [1.165, 1.54) is 11.1 Å². The summed E-state index contributed by atoms with van der Waals surface area (Å²) in [6, 6.07) is 24.5. The van der Waals surface area contributed by atoms with Crippen molar-refractivity contribution in [2.75, 3.05) is 11.9 Å². The maximum absolute atomic E-state index is 13.0. The van der Waals surface area contributed by atoms with Gasteiger partial charge in [0.2, 0.25) is 0 Å². The first kappa shape index (κ1) is 19.4. The summed E-state index contributed by atoms with van der Waals surface area (Å²) < 4.78 is 1.87. The van der Waals surface area contributed by atoms with Gasteiger partial charge < -0.3 is 15.2 Å². The van der Waals surface area contributed by atoms with Gasteiger partial charge in [-0.2, -0.15) is 5.10 Å². The summed E-state index contributed by atoms with van der Waals surface area (Å²) in [6.07, 6.45) is 6.63. The molecular weight excluding hydrogens is 410 g/mol. The number of para-hydroxylation sites is 1. The van der Waals surface area contributed by atoms with E-state index < -0.39 is 0 Å². The van der Waals surface area contributed by atoms with Gasteiger partial charge in [-0.3, -0.25) is 0 Å². The van der Waals surface area contributed by atoms with Gasteiger partial charge in [0.15, 0.2) is 0 Å². The summed E-state index contributed by atoms with van der Waals surface area (Å²) in [5.74, 6) is 0. The molecular formula is C27H23N5O. The van der Waals surface area contributed by atoms with E-state index in [9.17, 15) is 4.79 Å². The number of carbonyl (C=O) groups excluding carboxylic acids is 1. The molecule has 162 valence electrons. The molecule has 6 nitrogen and oxygen atoms in total. The lowest BCUT2D eigenvalue weighted by Gasteiger charge is -2.28. The van der Waals surface area contributed by atoms with Gasteiger partial charge >= 0.3 is 6.03 Å². The SMILES string of the molecule is O=C(Nc1c[nH]c2ccc(-c3cnn(-c4ccccc4)c3)cc12)N1CCc2ccccc2C1. The molecule has 0 saturated heterocycles. The minimum Gasteiger partial charge on any atom is -0.359 e. The van der Waals surface area contributed by atoms with Crippen LogP contribution in [-0.4, -0.2) is 32.2 Å². The van der Waals surface area contributed by atoms with E-state index in [2.05, 4.69) is 45.7 Å². The zero-order chi connectivity index (χ0) is 22.2. The molecule has 0 aliphatic carbocycles. The number of nitrogens with zero attached hydrogens (tertiary/aromatic N) is 3. The van der Waals surface area contributed by atoms with Gasteiger partial charge in [-0.25, -0.2) is 9.48 Å². The smallest absolute Gasteiger partial charge is 0.322 e. The van der Waals surface area contributed by atoms with Gasteiger partial charge in [-0.1, -0.05) is 48.5 Å². The summed E-state index contributed by atoms with van der Waals surface area (Å²) in [4.78, 5) is 18.2. The van der Waals surface area contributed by atoms with Crippen LogP contribution in [0.2, 0.25) is 0 Å². The second kappa shape index (κ2) is 7.98. The fraction of sp³-hybridized carbons (Fsp3) is 0.111. The van der Waals surface area contributed by atoms with Gasteiger partial charge in [-0.05, 0) is 47.4 Å². The van der Waals surface area contributed by atoms with E-state index in [0.717, 1.165) is 46.4 Å². The Morgan fingerprint density at radius 2 is 1.76 bits per heavy atom. The number of hydrogen-bond acceptors (Lipinski definition) is 2. The van der Waals surface area contributed by atoms with E-state index in [1.807, 2.05) is 70.6 Å². The fourth-order valence-corrected chi connectivity index (χ4v) is 4.46. The number of nitrogens with one attached hydrogen (secondary N) is 2. The zero-order valence-electron chi connectivity index (χ0n) is 18.0. The number of hydrogen-bond donors (Lipinski definition) is 2. The van der Waals surface area contributed by atoms with E-state index in [-0.39, 0.29) is 6.03 Å². The van der Waals surface area contributed by atoms with Crippen molar-refractivity contribution in [3.8, 4) is 16.8 Å². The van der Waals surface area contributed by atoms with Crippen molar-refractivity contribution in [2.24, 2.45) is 0 Å². The van der Waals surface area contributed by atoms with Crippen LogP contribution in [-0.2, 0) is 13.0 Å². The number of urea groups is 1. The number of H-pyrrole nitrogens is 1. The molecule has 0 bridgehead atoms. The summed E-state index contributed by atoms with van der Waals surface area (Å²) >= 11 is 0. The van der Waals surface area contributed by atoms with Crippen molar-refractivity contribution in [3.63, 3.8) is 0 Å². The molecule has 33 heavy (non-hydrogen) atoms. The van der Waals surface area contributed by atoms with E-state index in [4.69, 9.17) is 0 Å². The Balaban J connectivity index is 1.25. The van der Waals surface area contributed by atoms with Crippen LogP contribution < -0.4 is 5.32 Å². The van der Waals surface area contributed by atoms with Gasteiger partial charge in [-0.15, -0.1) is 0 Å². The van der Waals surface area contributed by atoms with Crippen molar-refractivity contribution < 1.29 is 4.79 Å². The van der Waals surface area contributed by atoms with Crippen LogP contribution in [0.4, 0.5) is 10.5 Å². The molecule has 1 aliphatic heterocycles. The Hall–Kier alpha value is -4.32. The average Bonchev–Trinajstić information content (AvgIpc) is 3.52. The number of amides is 2. The second-order valence-corrected chi connectivity index (χ2v) is 8.34. The minimum atomic E-state index is -0.0762. The molecule has 2 amide bonds. The van der Waals surface area contributed by atoms with E-state index in [1.54, 1.807) is 0 Å². The van der Waals surface area contributed by atoms with Crippen LogP contribution in [0.3, 0.4) is 0 Å². The fourth-order valence-electron chi connectivity index (χ4n) is 4.46. The molecule has 6 rings (SSSR count). The molecule has 0 spiro atoms. The second-order valence-electron chi connectivity index (χ2n) is 8.34. The minimum absolute atomic E-state index is 0.0762. The molecule has 3 aromatic carbocycles. The van der Waals surface area contributed by atoms with Crippen LogP contribution in [0, 0.1) is 0 Å². The lowest BCUT2D eigenvalue weighted by Crippen LogP contribution is -2.38. The average molecular weight is 434 g/mol. The summed E-state index contributed by atoms with van der Waals surface area (Å²) in [5, 5.41) is 8.60. The highest BCUT2D eigenvalue weighted by molar-refractivity contribution is 6.02. The van der Waals surface area contributed by atoms with Crippen molar-refractivity contribution in [1.82, 2.24) is 19.7 Å². The van der Waals surface area contributed by atoms with Gasteiger partial charge in [0, 0.05) is 41.9 Å². The van der Waals surface area contributed by atoms with E-state index >= 15 is 0 Å². The Labute approximate surface area is 191 Å². The van der Waals surface area contributed by atoms with Crippen LogP contribution in [0.5, 0.6) is 0 Å². The first-order chi connectivity index (χ1) is 16.2. The Kier molecular flexibility index (Phi) is 4.69. The predicted molar refractivity (Wildman–Crippen MR) is 130 cm³/mol. The molecule has 0 radical (unpaired) electrons. The number of aromatic nitrogens is 3. The number of rotatable bonds is 3. The molecule has 5 aromatic rings. The lowest BCUT2D eigenvalue weighted by atomic mass is 10.0.